The summed E-state index contributed by atoms with van der Waals surface area (Å²) >= 11 is 0. The van der Waals surface area contributed by atoms with Crippen LogP contribution in [0, 0.1) is 0 Å². The second-order valence-corrected chi connectivity index (χ2v) is 5.67. The third kappa shape index (κ3) is 5.53. The Hall–Kier alpha value is -3.95. The second kappa shape index (κ2) is 9.67. The number of primary amides is 2. The monoisotopic (exact) mass is 382 g/mol. The molecular weight excluding hydrogens is 360 g/mol. The summed E-state index contributed by atoms with van der Waals surface area (Å²) in [6.07, 6.45) is 4.48. The molecule has 1 aromatic carbocycles. The first-order valence-electron chi connectivity index (χ1n) is 8.45. The van der Waals surface area contributed by atoms with Crippen LogP contribution in [-0.4, -0.2) is 34.0 Å². The van der Waals surface area contributed by atoms with Gasteiger partial charge in [0.15, 0.2) is 11.5 Å². The lowest BCUT2D eigenvalue weighted by atomic mass is 10.2. The van der Waals surface area contributed by atoms with Crippen molar-refractivity contribution in [2.45, 2.75) is 19.4 Å². The zero-order valence-corrected chi connectivity index (χ0v) is 15.3. The largest absolute Gasteiger partial charge is 0.403 e. The van der Waals surface area contributed by atoms with E-state index in [1.54, 1.807) is 6.92 Å². The van der Waals surface area contributed by atoms with E-state index in [-0.39, 0.29) is 17.3 Å². The van der Waals surface area contributed by atoms with Gasteiger partial charge in [-0.25, -0.2) is 9.97 Å². The molecule has 2 rings (SSSR count). The summed E-state index contributed by atoms with van der Waals surface area (Å²) in [7, 11) is 0. The predicted molar refractivity (Wildman–Crippen MR) is 108 cm³/mol. The Morgan fingerprint density at radius 1 is 1.25 bits per heavy atom. The lowest BCUT2D eigenvalue weighted by Crippen LogP contribution is -2.35. The summed E-state index contributed by atoms with van der Waals surface area (Å²) in [4.78, 5) is 35.6. The second-order valence-electron chi connectivity index (χ2n) is 5.67. The van der Waals surface area contributed by atoms with Gasteiger partial charge in [0.2, 0.25) is 5.91 Å². The number of aromatic nitrogens is 2. The first kappa shape index (κ1) is 20.4. The van der Waals surface area contributed by atoms with Gasteiger partial charge >= 0.3 is 0 Å². The number of benzene rings is 1. The maximum atomic E-state index is 11.7. The van der Waals surface area contributed by atoms with Gasteiger partial charge in [0, 0.05) is 6.20 Å². The Morgan fingerprint density at radius 3 is 2.54 bits per heavy atom. The van der Waals surface area contributed by atoms with Crippen molar-refractivity contribution in [2.24, 2.45) is 22.2 Å². The number of allylic oxidation sites excluding steroid dienone is 1. The summed E-state index contributed by atoms with van der Waals surface area (Å²) in [5.41, 5.74) is 17.3. The maximum absolute atomic E-state index is 11.7. The number of hydrogen-bond acceptors (Lipinski definition) is 8. The molecule has 0 aliphatic carbocycles. The molecule has 0 radical (unpaired) electrons. The Bertz CT molecular complexity index is 896. The first-order chi connectivity index (χ1) is 13.4. The fraction of sp³-hybridized carbons (Fsp3) is 0.167. The lowest BCUT2D eigenvalue weighted by molar-refractivity contribution is -0.118. The van der Waals surface area contributed by atoms with E-state index >= 15 is 0 Å². The number of nitrogens with one attached hydrogen (secondary N) is 2. The minimum atomic E-state index is -0.778. The topological polar surface area (TPSA) is 174 Å². The van der Waals surface area contributed by atoms with Gasteiger partial charge in [0.05, 0.1) is 23.8 Å². The third-order valence-corrected chi connectivity index (χ3v) is 3.63. The van der Waals surface area contributed by atoms with Crippen molar-refractivity contribution < 1.29 is 9.59 Å². The zero-order chi connectivity index (χ0) is 20.5. The van der Waals surface area contributed by atoms with Crippen LogP contribution < -0.4 is 27.8 Å². The normalized spacial score (nSPS) is 12.5. The molecule has 0 aliphatic heterocycles. The number of amides is 2. The van der Waals surface area contributed by atoms with Crippen LogP contribution in [0.4, 0.5) is 17.3 Å². The molecule has 0 bridgehead atoms. The zero-order valence-electron chi connectivity index (χ0n) is 15.3. The average molecular weight is 382 g/mol. The van der Waals surface area contributed by atoms with E-state index in [0.717, 1.165) is 0 Å². The SMILES string of the molecule is CC[C@@H](Nc1cnc(C(N)=O)c(NC(C=Nc2ccccc2)=CN)n1)C(N)=O. The van der Waals surface area contributed by atoms with Gasteiger partial charge in [0.1, 0.15) is 11.9 Å². The van der Waals surface area contributed by atoms with Crippen LogP contribution in [0.5, 0.6) is 0 Å². The van der Waals surface area contributed by atoms with Crippen LogP contribution in [0.2, 0.25) is 0 Å². The van der Waals surface area contributed by atoms with Crippen molar-refractivity contribution in [1.82, 2.24) is 9.97 Å². The van der Waals surface area contributed by atoms with Gasteiger partial charge in [-0.3, -0.25) is 14.6 Å². The van der Waals surface area contributed by atoms with Crippen molar-refractivity contribution in [3.63, 3.8) is 0 Å². The standard InChI is InChI=1S/C18H22N8O2/c1-2-13(16(20)27)25-14-10-23-15(17(21)28)18(26-14)24-12(8-19)9-22-11-6-4-3-5-7-11/h3-10,13H,2,19H2,1H3,(H2,20,27)(H2,21,28)(H2,24,25,26)/t13-/m1/s1. The molecule has 10 heteroatoms. The van der Waals surface area contributed by atoms with Gasteiger partial charge in [-0.1, -0.05) is 25.1 Å². The summed E-state index contributed by atoms with van der Waals surface area (Å²) in [5.74, 6) is -1.00. The summed E-state index contributed by atoms with van der Waals surface area (Å²) in [6.45, 7) is 1.79. The number of rotatable bonds is 9. The van der Waals surface area contributed by atoms with E-state index in [4.69, 9.17) is 17.2 Å². The fourth-order valence-electron chi connectivity index (χ4n) is 2.19. The highest BCUT2D eigenvalue weighted by Crippen LogP contribution is 2.16. The van der Waals surface area contributed by atoms with Crippen molar-refractivity contribution in [3.8, 4) is 0 Å². The highest BCUT2D eigenvalue weighted by atomic mass is 16.1. The molecule has 0 saturated carbocycles. The van der Waals surface area contributed by atoms with E-state index < -0.39 is 17.9 Å². The van der Waals surface area contributed by atoms with Crippen molar-refractivity contribution in [1.29, 1.82) is 0 Å². The van der Waals surface area contributed by atoms with Crippen LogP contribution >= 0.6 is 0 Å². The molecule has 0 fully saturated rings. The van der Waals surface area contributed by atoms with E-state index in [1.807, 2.05) is 30.3 Å². The number of carbonyl (C=O) groups excluding carboxylic acids is 2. The van der Waals surface area contributed by atoms with E-state index in [2.05, 4.69) is 25.6 Å². The molecule has 1 heterocycles. The van der Waals surface area contributed by atoms with Crippen LogP contribution in [0.15, 0.2) is 53.4 Å². The highest BCUT2D eigenvalue weighted by Gasteiger charge is 2.17. The Balaban J connectivity index is 2.28. The molecule has 1 aromatic heterocycles. The van der Waals surface area contributed by atoms with Crippen LogP contribution in [0.1, 0.15) is 23.8 Å². The minimum Gasteiger partial charge on any atom is -0.403 e. The smallest absolute Gasteiger partial charge is 0.271 e. The highest BCUT2D eigenvalue weighted by molar-refractivity contribution is 5.97. The summed E-state index contributed by atoms with van der Waals surface area (Å²) < 4.78 is 0. The number of nitrogens with two attached hydrogens (primary N) is 3. The van der Waals surface area contributed by atoms with Crippen molar-refractivity contribution in [2.75, 3.05) is 10.6 Å². The maximum Gasteiger partial charge on any atom is 0.271 e. The third-order valence-electron chi connectivity index (χ3n) is 3.63. The number of aliphatic imine (C=N–C) groups is 1. The molecular formula is C18H22N8O2. The van der Waals surface area contributed by atoms with Gasteiger partial charge < -0.3 is 27.8 Å². The average Bonchev–Trinajstić information content (AvgIpc) is 2.69. The number of nitrogens with zero attached hydrogens (tertiary/aromatic N) is 3. The molecule has 0 saturated heterocycles. The lowest BCUT2D eigenvalue weighted by Gasteiger charge is -2.15. The Morgan fingerprint density at radius 2 is 1.96 bits per heavy atom. The van der Waals surface area contributed by atoms with Gasteiger partial charge in [-0.15, -0.1) is 0 Å². The number of anilines is 2. The number of carbonyl (C=O) groups is 2. The summed E-state index contributed by atoms with van der Waals surface area (Å²) in [5, 5.41) is 5.73. The van der Waals surface area contributed by atoms with E-state index in [1.165, 1.54) is 18.6 Å². The number of para-hydroxylation sites is 1. The Labute approximate surface area is 161 Å². The van der Waals surface area contributed by atoms with Crippen molar-refractivity contribution >= 4 is 35.4 Å². The van der Waals surface area contributed by atoms with Crippen LogP contribution in [0.25, 0.3) is 0 Å². The van der Waals surface area contributed by atoms with Crippen LogP contribution in [0.3, 0.4) is 0 Å². The minimum absolute atomic E-state index is 0.0630. The van der Waals surface area contributed by atoms with Crippen molar-refractivity contribution in [3.05, 3.63) is 54.1 Å². The summed E-state index contributed by atoms with van der Waals surface area (Å²) in [6, 6.07) is 8.57. The molecule has 1 atom stereocenters. The molecule has 8 N–H and O–H groups in total. The van der Waals surface area contributed by atoms with E-state index in [9.17, 15) is 9.59 Å². The van der Waals surface area contributed by atoms with Crippen LogP contribution in [-0.2, 0) is 4.79 Å². The Kier molecular flexibility index (Phi) is 7.03. The van der Waals surface area contributed by atoms with E-state index in [0.29, 0.717) is 17.8 Å². The molecule has 2 amide bonds. The molecule has 0 spiro atoms. The molecule has 146 valence electrons. The first-order valence-corrected chi connectivity index (χ1v) is 8.45. The van der Waals surface area contributed by atoms with Gasteiger partial charge in [0.25, 0.3) is 5.91 Å². The molecule has 10 nitrogen and oxygen atoms in total. The number of hydrogen-bond donors (Lipinski definition) is 5. The predicted octanol–water partition coefficient (Wildman–Crippen LogP) is 0.866. The van der Waals surface area contributed by atoms with Gasteiger partial charge in [-0.05, 0) is 18.6 Å². The molecule has 0 aliphatic rings. The molecule has 28 heavy (non-hydrogen) atoms. The van der Waals surface area contributed by atoms with Gasteiger partial charge in [-0.2, -0.15) is 0 Å². The quantitative estimate of drug-likeness (QED) is 0.400. The molecule has 2 aromatic rings. The fourth-order valence-corrected chi connectivity index (χ4v) is 2.19. The molecule has 0 unspecified atom stereocenters.